The van der Waals surface area contributed by atoms with Gasteiger partial charge >= 0.3 is 12.1 Å². The molecule has 2 aromatic carbocycles. The monoisotopic (exact) mass is 519 g/mol. The zero-order valence-corrected chi connectivity index (χ0v) is 22.5. The molecule has 9 heteroatoms. The number of rotatable bonds is 12. The molecule has 0 radical (unpaired) electrons. The van der Waals surface area contributed by atoms with E-state index < -0.39 is 39.7 Å². The molecule has 0 aliphatic carbocycles. The summed E-state index contributed by atoms with van der Waals surface area (Å²) in [5, 5.41) is 2.87. The van der Waals surface area contributed by atoms with E-state index in [9.17, 15) is 18.0 Å². The molecule has 0 aromatic heterocycles. The number of alkyl carbamates (subject to hydrolysis) is 1. The molecule has 0 saturated carbocycles. The SMILES string of the molecule is CCOC(=O)[C@H](CCOS(C)(=O)=O)C[C@@H](Cc1ccc(-c2ccccc2)cc1)NC(=O)OC(C)(C)C. The molecule has 2 rings (SSSR count). The Morgan fingerprint density at radius 1 is 0.972 bits per heavy atom. The number of benzene rings is 2. The van der Waals surface area contributed by atoms with Crippen LogP contribution in [0, 0.1) is 5.92 Å². The number of nitrogens with one attached hydrogen (secondary N) is 1. The lowest BCUT2D eigenvalue weighted by molar-refractivity contribution is -0.149. The van der Waals surface area contributed by atoms with Crippen LogP contribution in [0.4, 0.5) is 4.79 Å². The van der Waals surface area contributed by atoms with Crippen LogP contribution in [0.3, 0.4) is 0 Å². The van der Waals surface area contributed by atoms with Crippen molar-refractivity contribution in [3.63, 3.8) is 0 Å². The number of hydrogen-bond donors (Lipinski definition) is 1. The van der Waals surface area contributed by atoms with E-state index >= 15 is 0 Å². The smallest absolute Gasteiger partial charge is 0.407 e. The highest BCUT2D eigenvalue weighted by Gasteiger charge is 2.27. The Bertz CT molecular complexity index is 1080. The molecule has 0 heterocycles. The van der Waals surface area contributed by atoms with Gasteiger partial charge in [-0.15, -0.1) is 0 Å². The average molecular weight is 520 g/mol. The fraction of sp³-hybridized carbons (Fsp3) is 0.481. The summed E-state index contributed by atoms with van der Waals surface area (Å²) in [6.45, 7) is 7.04. The van der Waals surface area contributed by atoms with Crippen LogP contribution in [0.1, 0.15) is 46.1 Å². The van der Waals surface area contributed by atoms with Crippen LogP contribution in [0.5, 0.6) is 0 Å². The van der Waals surface area contributed by atoms with Crippen LogP contribution < -0.4 is 5.32 Å². The molecule has 0 bridgehead atoms. The molecule has 1 N–H and O–H groups in total. The van der Waals surface area contributed by atoms with E-state index in [1.165, 1.54) is 0 Å². The van der Waals surface area contributed by atoms with Gasteiger partial charge in [0, 0.05) is 6.04 Å². The predicted octanol–water partition coefficient (Wildman–Crippen LogP) is 4.73. The lowest BCUT2D eigenvalue weighted by Gasteiger charge is -2.26. The molecular weight excluding hydrogens is 482 g/mol. The molecule has 0 aliphatic heterocycles. The average Bonchev–Trinajstić information content (AvgIpc) is 2.77. The van der Waals surface area contributed by atoms with Gasteiger partial charge in [0.05, 0.1) is 25.4 Å². The molecule has 36 heavy (non-hydrogen) atoms. The Morgan fingerprint density at radius 2 is 1.58 bits per heavy atom. The van der Waals surface area contributed by atoms with Gasteiger partial charge in [-0.1, -0.05) is 54.6 Å². The van der Waals surface area contributed by atoms with E-state index in [1.807, 2.05) is 54.6 Å². The van der Waals surface area contributed by atoms with Gasteiger partial charge in [-0.05, 0) is 63.6 Å². The fourth-order valence-corrected chi connectivity index (χ4v) is 4.09. The van der Waals surface area contributed by atoms with Crippen LogP contribution in [0.25, 0.3) is 11.1 Å². The molecular formula is C27H37NO7S. The molecule has 2 aromatic rings. The summed E-state index contributed by atoms with van der Waals surface area (Å²) in [5.41, 5.74) is 2.44. The van der Waals surface area contributed by atoms with E-state index in [1.54, 1.807) is 27.7 Å². The van der Waals surface area contributed by atoms with Gasteiger partial charge < -0.3 is 14.8 Å². The molecule has 0 spiro atoms. The molecule has 0 unspecified atom stereocenters. The van der Waals surface area contributed by atoms with Crippen molar-refractivity contribution in [3.8, 4) is 11.1 Å². The first-order chi connectivity index (χ1) is 16.9. The molecule has 198 valence electrons. The molecule has 0 fully saturated rings. The van der Waals surface area contributed by atoms with Gasteiger partial charge in [0.15, 0.2) is 0 Å². The van der Waals surface area contributed by atoms with Crippen molar-refractivity contribution in [2.45, 2.75) is 58.6 Å². The topological polar surface area (TPSA) is 108 Å². The molecule has 0 aliphatic rings. The Labute approximate surface area is 214 Å². The van der Waals surface area contributed by atoms with E-state index in [4.69, 9.17) is 13.7 Å². The van der Waals surface area contributed by atoms with Crippen LogP contribution in [-0.4, -0.2) is 51.6 Å². The zero-order chi connectivity index (χ0) is 26.8. The van der Waals surface area contributed by atoms with E-state index in [2.05, 4.69) is 5.32 Å². The minimum absolute atomic E-state index is 0.130. The van der Waals surface area contributed by atoms with E-state index in [0.717, 1.165) is 22.9 Å². The van der Waals surface area contributed by atoms with Gasteiger partial charge in [-0.25, -0.2) is 4.79 Å². The predicted molar refractivity (Wildman–Crippen MR) is 139 cm³/mol. The Hall–Kier alpha value is -2.91. The molecule has 1 amide bonds. The van der Waals surface area contributed by atoms with E-state index in [0.29, 0.717) is 6.42 Å². The first-order valence-corrected chi connectivity index (χ1v) is 13.8. The Kier molecular flexibility index (Phi) is 10.9. The number of amides is 1. The van der Waals surface area contributed by atoms with Crippen molar-refractivity contribution < 1.29 is 31.7 Å². The fourth-order valence-electron chi connectivity index (χ4n) is 3.69. The standard InChI is InChI=1S/C27H37NO7S/c1-6-33-25(29)23(16-17-34-36(5,31)32)19-24(28-26(30)35-27(2,3)4)18-20-12-14-22(15-13-20)21-10-8-7-9-11-21/h7-15,23-24H,6,16-19H2,1-5H3,(H,28,30)/t23-,24-/m1/s1. The molecule has 8 nitrogen and oxygen atoms in total. The quantitative estimate of drug-likeness (QED) is 0.319. The first kappa shape index (κ1) is 29.3. The number of carbonyl (C=O) groups is 2. The maximum atomic E-state index is 12.6. The second-order valence-electron chi connectivity index (χ2n) is 9.61. The van der Waals surface area contributed by atoms with Gasteiger partial charge in [0.1, 0.15) is 5.60 Å². The summed E-state index contributed by atoms with van der Waals surface area (Å²) < 4.78 is 38.2. The van der Waals surface area contributed by atoms with Gasteiger partial charge in [0.25, 0.3) is 10.1 Å². The first-order valence-electron chi connectivity index (χ1n) is 12.0. The van der Waals surface area contributed by atoms with Crippen molar-refractivity contribution in [2.24, 2.45) is 5.92 Å². The maximum Gasteiger partial charge on any atom is 0.407 e. The van der Waals surface area contributed by atoms with Crippen LogP contribution >= 0.6 is 0 Å². The zero-order valence-electron chi connectivity index (χ0n) is 21.7. The van der Waals surface area contributed by atoms with Gasteiger partial charge in [0.2, 0.25) is 0 Å². The maximum absolute atomic E-state index is 12.6. The number of carbonyl (C=O) groups excluding carboxylic acids is 2. The summed E-state index contributed by atoms with van der Waals surface area (Å²) in [4.78, 5) is 25.2. The van der Waals surface area contributed by atoms with Crippen molar-refractivity contribution in [1.29, 1.82) is 0 Å². The van der Waals surface area contributed by atoms with Crippen LogP contribution in [0.2, 0.25) is 0 Å². The van der Waals surface area contributed by atoms with Crippen LogP contribution in [0.15, 0.2) is 54.6 Å². The minimum Gasteiger partial charge on any atom is -0.466 e. The number of hydrogen-bond acceptors (Lipinski definition) is 7. The van der Waals surface area contributed by atoms with Crippen molar-refractivity contribution in [1.82, 2.24) is 5.32 Å². The Balaban J connectivity index is 2.21. The minimum atomic E-state index is -3.64. The lowest BCUT2D eigenvalue weighted by Crippen LogP contribution is -2.42. The highest BCUT2D eigenvalue weighted by molar-refractivity contribution is 7.85. The number of esters is 1. The third-order valence-electron chi connectivity index (χ3n) is 5.22. The van der Waals surface area contributed by atoms with Crippen LogP contribution in [-0.2, 0) is 35.0 Å². The second kappa shape index (κ2) is 13.4. The summed E-state index contributed by atoms with van der Waals surface area (Å²) in [5.74, 6) is -1.14. The normalized spacial score (nSPS) is 13.5. The van der Waals surface area contributed by atoms with E-state index in [-0.39, 0.29) is 26.1 Å². The summed E-state index contributed by atoms with van der Waals surface area (Å²) in [6, 6.07) is 17.5. The highest BCUT2D eigenvalue weighted by Crippen LogP contribution is 2.22. The highest BCUT2D eigenvalue weighted by atomic mass is 32.2. The lowest BCUT2D eigenvalue weighted by atomic mass is 9.92. The summed E-state index contributed by atoms with van der Waals surface area (Å²) in [7, 11) is -3.64. The molecule has 2 atom stereocenters. The van der Waals surface area contributed by atoms with Crippen molar-refractivity contribution >= 4 is 22.2 Å². The largest absolute Gasteiger partial charge is 0.466 e. The number of ether oxygens (including phenoxy) is 2. The second-order valence-corrected chi connectivity index (χ2v) is 11.3. The van der Waals surface area contributed by atoms with Gasteiger partial charge in [-0.2, -0.15) is 8.42 Å². The summed E-state index contributed by atoms with van der Waals surface area (Å²) in [6.07, 6.45) is 1.16. The Morgan fingerprint density at radius 3 is 2.14 bits per heavy atom. The van der Waals surface area contributed by atoms with Crippen molar-refractivity contribution in [3.05, 3.63) is 60.2 Å². The van der Waals surface area contributed by atoms with Gasteiger partial charge in [-0.3, -0.25) is 8.98 Å². The van der Waals surface area contributed by atoms with Crippen molar-refractivity contribution in [2.75, 3.05) is 19.5 Å². The third-order valence-corrected chi connectivity index (χ3v) is 5.81. The summed E-state index contributed by atoms with van der Waals surface area (Å²) >= 11 is 0. The molecule has 0 saturated heterocycles. The third kappa shape index (κ3) is 11.2.